The van der Waals surface area contributed by atoms with E-state index in [0.717, 1.165) is 12.3 Å². The summed E-state index contributed by atoms with van der Waals surface area (Å²) in [5, 5.41) is 2.70. The van der Waals surface area contributed by atoms with Crippen molar-refractivity contribution in [1.29, 1.82) is 0 Å². The molecule has 1 aromatic heterocycles. The fraction of sp³-hybridized carbons (Fsp3) is 0.500. The predicted octanol–water partition coefficient (Wildman–Crippen LogP) is 1.21. The first-order valence-electron chi connectivity index (χ1n) is 5.21. The normalized spacial score (nSPS) is 22.6. The molecule has 2 heterocycles. The van der Waals surface area contributed by atoms with Crippen molar-refractivity contribution in [3.05, 3.63) is 23.9 Å². The van der Waals surface area contributed by atoms with Gasteiger partial charge in [-0.15, -0.1) is 0 Å². The highest BCUT2D eigenvalue weighted by Crippen LogP contribution is 2.19. The van der Waals surface area contributed by atoms with Crippen LogP contribution in [-0.2, 0) is 9.84 Å². The van der Waals surface area contributed by atoms with Crippen molar-refractivity contribution in [3.63, 3.8) is 0 Å². The van der Waals surface area contributed by atoms with Crippen LogP contribution in [0.25, 0.3) is 0 Å². The van der Waals surface area contributed by atoms with E-state index in [1.807, 2.05) is 0 Å². The van der Waals surface area contributed by atoms with E-state index >= 15 is 0 Å². The number of anilines is 1. The predicted molar refractivity (Wildman–Crippen MR) is 59.4 cm³/mol. The zero-order valence-corrected chi connectivity index (χ0v) is 9.80. The van der Waals surface area contributed by atoms with E-state index in [4.69, 9.17) is 0 Å². The van der Waals surface area contributed by atoms with E-state index in [1.165, 1.54) is 0 Å². The molecule has 1 unspecified atom stereocenters. The van der Waals surface area contributed by atoms with Crippen LogP contribution in [0.1, 0.15) is 6.42 Å². The average molecular weight is 262 g/mol. The zero-order valence-electron chi connectivity index (χ0n) is 8.99. The van der Waals surface area contributed by atoms with Crippen LogP contribution in [0.3, 0.4) is 0 Å². The highest BCUT2D eigenvalue weighted by atomic mass is 32.2. The summed E-state index contributed by atoms with van der Waals surface area (Å²) in [6, 6.07) is 0.737. The van der Waals surface area contributed by atoms with Crippen molar-refractivity contribution in [3.8, 4) is 0 Å². The summed E-state index contributed by atoms with van der Waals surface area (Å²) in [5.41, 5.74) is 0. The van der Waals surface area contributed by atoms with Gasteiger partial charge in [0.15, 0.2) is 21.5 Å². The van der Waals surface area contributed by atoms with Gasteiger partial charge in [0.1, 0.15) is 5.82 Å². The largest absolute Gasteiger partial charge is 0.367 e. The molecule has 1 N–H and O–H groups in total. The van der Waals surface area contributed by atoms with Crippen LogP contribution >= 0.6 is 0 Å². The van der Waals surface area contributed by atoms with Gasteiger partial charge in [0.25, 0.3) is 0 Å². The number of hydrogen-bond donors (Lipinski definition) is 1. The van der Waals surface area contributed by atoms with Gasteiger partial charge >= 0.3 is 0 Å². The maximum absolute atomic E-state index is 13.2. The number of nitrogens with zero attached hydrogens (tertiary/aromatic N) is 1. The molecule has 0 saturated carbocycles. The first kappa shape index (κ1) is 12.2. The molecule has 1 saturated heterocycles. The molecule has 1 fully saturated rings. The van der Waals surface area contributed by atoms with E-state index in [2.05, 4.69) is 10.3 Å². The van der Waals surface area contributed by atoms with Gasteiger partial charge in [0, 0.05) is 12.6 Å². The zero-order chi connectivity index (χ0) is 12.5. The second kappa shape index (κ2) is 4.56. The van der Waals surface area contributed by atoms with Crippen LogP contribution < -0.4 is 5.32 Å². The monoisotopic (exact) mass is 262 g/mol. The van der Waals surface area contributed by atoms with Crippen molar-refractivity contribution in [1.82, 2.24) is 4.98 Å². The Balaban J connectivity index is 1.95. The number of sulfone groups is 1. The van der Waals surface area contributed by atoms with Gasteiger partial charge in [-0.25, -0.2) is 22.2 Å². The minimum absolute atomic E-state index is 0.0359. The Labute approximate surface area is 98.0 Å². The Hall–Kier alpha value is -1.24. The number of rotatable bonds is 3. The van der Waals surface area contributed by atoms with E-state index in [9.17, 15) is 17.2 Å². The minimum Gasteiger partial charge on any atom is -0.367 e. The molecule has 1 aromatic rings. The molecule has 1 aliphatic heterocycles. The third kappa shape index (κ3) is 3.12. The summed E-state index contributed by atoms with van der Waals surface area (Å²) in [6.07, 6.45) is 1.48. The summed E-state index contributed by atoms with van der Waals surface area (Å²) in [5.74, 6) is -1.30. The van der Waals surface area contributed by atoms with Crippen LogP contribution in [0.4, 0.5) is 14.6 Å². The third-order valence-electron chi connectivity index (χ3n) is 2.69. The summed E-state index contributed by atoms with van der Waals surface area (Å²) in [4.78, 5) is 3.56. The van der Waals surface area contributed by atoms with Gasteiger partial charge in [-0.1, -0.05) is 0 Å². The summed E-state index contributed by atoms with van der Waals surface area (Å²) >= 11 is 0. The molecule has 0 bridgehead atoms. The second-order valence-electron chi connectivity index (χ2n) is 4.13. The van der Waals surface area contributed by atoms with Gasteiger partial charge in [-0.05, 0) is 12.3 Å². The SMILES string of the molecule is O=S1(=O)CCC(CNc2ncc(F)cc2F)C1. The maximum atomic E-state index is 13.2. The van der Waals surface area contributed by atoms with Crippen molar-refractivity contribution >= 4 is 15.7 Å². The standard InChI is InChI=1S/C10H12F2N2O2S/c11-8-3-9(12)10(14-5-8)13-4-7-1-2-17(15,16)6-7/h3,5,7H,1-2,4,6H2,(H,13,14). The lowest BCUT2D eigenvalue weighted by Gasteiger charge is -2.10. The number of halogens is 2. The van der Waals surface area contributed by atoms with Gasteiger partial charge in [0.2, 0.25) is 0 Å². The molecular weight excluding hydrogens is 250 g/mol. The topological polar surface area (TPSA) is 59.1 Å². The minimum atomic E-state index is -2.93. The van der Waals surface area contributed by atoms with Gasteiger partial charge in [0.05, 0.1) is 17.7 Å². The smallest absolute Gasteiger partial charge is 0.168 e. The average Bonchev–Trinajstić information content (AvgIpc) is 2.57. The van der Waals surface area contributed by atoms with Crippen molar-refractivity contribution in [2.75, 3.05) is 23.4 Å². The Morgan fingerprint density at radius 3 is 2.82 bits per heavy atom. The molecule has 17 heavy (non-hydrogen) atoms. The Kier molecular flexibility index (Phi) is 3.28. The molecular formula is C10H12F2N2O2S. The highest BCUT2D eigenvalue weighted by molar-refractivity contribution is 7.91. The first-order valence-corrected chi connectivity index (χ1v) is 7.04. The highest BCUT2D eigenvalue weighted by Gasteiger charge is 2.27. The van der Waals surface area contributed by atoms with E-state index in [0.29, 0.717) is 13.0 Å². The lowest BCUT2D eigenvalue weighted by atomic mass is 10.1. The summed E-state index contributed by atoms with van der Waals surface area (Å²) < 4.78 is 48.2. The first-order chi connectivity index (χ1) is 7.96. The molecule has 7 heteroatoms. The van der Waals surface area contributed by atoms with E-state index in [-0.39, 0.29) is 23.2 Å². The Bertz CT molecular complexity index is 519. The fourth-order valence-electron chi connectivity index (χ4n) is 1.82. The molecule has 0 radical (unpaired) electrons. The maximum Gasteiger partial charge on any atom is 0.168 e. The van der Waals surface area contributed by atoms with Crippen molar-refractivity contribution < 1.29 is 17.2 Å². The van der Waals surface area contributed by atoms with Gasteiger partial charge in [-0.3, -0.25) is 0 Å². The van der Waals surface area contributed by atoms with E-state index < -0.39 is 21.5 Å². The quantitative estimate of drug-likeness (QED) is 0.889. The third-order valence-corrected chi connectivity index (χ3v) is 4.53. The Morgan fingerprint density at radius 2 is 2.24 bits per heavy atom. The molecule has 0 amide bonds. The molecule has 0 spiro atoms. The molecule has 4 nitrogen and oxygen atoms in total. The van der Waals surface area contributed by atoms with Crippen LogP contribution in [0.5, 0.6) is 0 Å². The van der Waals surface area contributed by atoms with Crippen molar-refractivity contribution in [2.45, 2.75) is 6.42 Å². The number of hydrogen-bond acceptors (Lipinski definition) is 4. The molecule has 0 aliphatic carbocycles. The van der Waals surface area contributed by atoms with Crippen LogP contribution in [0, 0.1) is 17.6 Å². The summed E-state index contributed by atoms with van der Waals surface area (Å²) in [6.45, 7) is 0.328. The molecule has 2 rings (SSSR count). The van der Waals surface area contributed by atoms with E-state index in [1.54, 1.807) is 0 Å². The molecule has 1 aliphatic rings. The molecule has 0 aromatic carbocycles. The van der Waals surface area contributed by atoms with Crippen LogP contribution in [-0.4, -0.2) is 31.5 Å². The van der Waals surface area contributed by atoms with Gasteiger partial charge in [-0.2, -0.15) is 0 Å². The van der Waals surface area contributed by atoms with Crippen LogP contribution in [0.15, 0.2) is 12.3 Å². The van der Waals surface area contributed by atoms with Crippen molar-refractivity contribution in [2.24, 2.45) is 5.92 Å². The lowest BCUT2D eigenvalue weighted by Crippen LogP contribution is -2.17. The number of pyridine rings is 1. The molecule has 94 valence electrons. The lowest BCUT2D eigenvalue weighted by molar-refractivity contribution is 0.570. The second-order valence-corrected chi connectivity index (χ2v) is 6.36. The number of nitrogens with one attached hydrogen (secondary N) is 1. The Morgan fingerprint density at radius 1 is 1.47 bits per heavy atom. The van der Waals surface area contributed by atoms with Crippen LogP contribution in [0.2, 0.25) is 0 Å². The fourth-order valence-corrected chi connectivity index (χ4v) is 3.68. The molecule has 1 atom stereocenters. The summed E-state index contributed by atoms with van der Waals surface area (Å²) in [7, 11) is -2.93. The van der Waals surface area contributed by atoms with Gasteiger partial charge < -0.3 is 5.32 Å². The number of aromatic nitrogens is 1.